The van der Waals surface area contributed by atoms with Gasteiger partial charge in [0.05, 0.1) is 20.8 Å². The van der Waals surface area contributed by atoms with Crippen molar-refractivity contribution in [2.75, 3.05) is 32.7 Å². The summed E-state index contributed by atoms with van der Waals surface area (Å²) in [5, 5.41) is 9.23. The van der Waals surface area contributed by atoms with Crippen LogP contribution in [0.5, 0.6) is 11.5 Å². The molecule has 1 heterocycles. The second-order valence-electron chi connectivity index (χ2n) is 5.52. The zero-order chi connectivity index (χ0) is 19.8. The number of anilines is 1. The minimum atomic E-state index is -0.399. The molecule has 146 valence electrons. The van der Waals surface area contributed by atoms with E-state index in [1.165, 1.54) is 11.3 Å². The molecule has 0 spiro atoms. The molecule has 0 aliphatic carbocycles. The largest absolute Gasteiger partial charge is 0.493 e. The van der Waals surface area contributed by atoms with E-state index in [2.05, 4.69) is 17.6 Å². The SMILES string of the molecule is CCCNC(=S)Nc1scc(-c2ccc(OC)c(OC)c2)c1C(=O)OCC. The highest BCUT2D eigenvalue weighted by atomic mass is 32.1. The lowest BCUT2D eigenvalue weighted by Gasteiger charge is -2.12. The van der Waals surface area contributed by atoms with Crippen molar-refractivity contribution in [2.24, 2.45) is 0 Å². The highest BCUT2D eigenvalue weighted by Crippen LogP contribution is 2.39. The molecule has 0 saturated heterocycles. The van der Waals surface area contributed by atoms with E-state index < -0.39 is 5.97 Å². The number of hydrogen-bond donors (Lipinski definition) is 2. The van der Waals surface area contributed by atoms with Crippen molar-refractivity contribution in [1.29, 1.82) is 0 Å². The second-order valence-corrected chi connectivity index (χ2v) is 6.81. The van der Waals surface area contributed by atoms with Gasteiger partial charge in [0.2, 0.25) is 0 Å². The molecule has 0 aliphatic rings. The lowest BCUT2D eigenvalue weighted by molar-refractivity contribution is 0.0529. The first kappa shape index (κ1) is 21.0. The van der Waals surface area contributed by atoms with Gasteiger partial charge in [-0.3, -0.25) is 0 Å². The van der Waals surface area contributed by atoms with Crippen LogP contribution in [0.4, 0.5) is 5.00 Å². The van der Waals surface area contributed by atoms with E-state index in [0.717, 1.165) is 24.1 Å². The van der Waals surface area contributed by atoms with E-state index in [-0.39, 0.29) is 6.61 Å². The number of hydrogen-bond acceptors (Lipinski definition) is 6. The topological polar surface area (TPSA) is 68.8 Å². The average Bonchev–Trinajstić information content (AvgIpc) is 3.09. The maximum Gasteiger partial charge on any atom is 0.341 e. The average molecular weight is 409 g/mol. The molecule has 0 aliphatic heterocycles. The Labute approximate surface area is 168 Å². The first-order valence-corrected chi connectivity index (χ1v) is 9.90. The lowest BCUT2D eigenvalue weighted by Crippen LogP contribution is -2.29. The summed E-state index contributed by atoms with van der Waals surface area (Å²) in [6.07, 6.45) is 0.952. The molecule has 1 aromatic heterocycles. The van der Waals surface area contributed by atoms with Crippen molar-refractivity contribution in [3.63, 3.8) is 0 Å². The fourth-order valence-electron chi connectivity index (χ4n) is 2.46. The summed E-state index contributed by atoms with van der Waals surface area (Å²) in [7, 11) is 3.16. The van der Waals surface area contributed by atoms with E-state index in [0.29, 0.717) is 27.2 Å². The Kier molecular flexibility index (Phi) is 7.87. The molecule has 2 N–H and O–H groups in total. The Balaban J connectivity index is 2.44. The number of nitrogens with one attached hydrogen (secondary N) is 2. The third-order valence-electron chi connectivity index (χ3n) is 3.73. The van der Waals surface area contributed by atoms with E-state index >= 15 is 0 Å². The van der Waals surface area contributed by atoms with Crippen LogP contribution < -0.4 is 20.1 Å². The number of rotatable bonds is 8. The fourth-order valence-corrected chi connectivity index (χ4v) is 3.69. The quantitative estimate of drug-likeness (QED) is 0.498. The first-order chi connectivity index (χ1) is 13.0. The lowest BCUT2D eigenvalue weighted by atomic mass is 10.0. The van der Waals surface area contributed by atoms with Crippen LogP contribution in [-0.4, -0.2) is 38.5 Å². The molecule has 2 aromatic rings. The normalized spacial score (nSPS) is 10.2. The minimum absolute atomic E-state index is 0.290. The van der Waals surface area contributed by atoms with Crippen molar-refractivity contribution < 1.29 is 19.0 Å². The predicted molar refractivity (Wildman–Crippen MR) is 113 cm³/mol. The summed E-state index contributed by atoms with van der Waals surface area (Å²) in [5.74, 6) is 0.812. The van der Waals surface area contributed by atoms with E-state index in [1.54, 1.807) is 27.2 Å². The number of benzene rings is 1. The van der Waals surface area contributed by atoms with E-state index in [1.807, 2.05) is 17.5 Å². The Morgan fingerprint density at radius 1 is 1.19 bits per heavy atom. The predicted octanol–water partition coefficient (Wildman–Crippen LogP) is 4.31. The van der Waals surface area contributed by atoms with Gasteiger partial charge in [-0.15, -0.1) is 11.3 Å². The monoisotopic (exact) mass is 408 g/mol. The minimum Gasteiger partial charge on any atom is -0.493 e. The summed E-state index contributed by atoms with van der Waals surface area (Å²) in [6, 6.07) is 5.52. The van der Waals surface area contributed by atoms with Crippen LogP contribution in [0.1, 0.15) is 30.6 Å². The molecule has 0 radical (unpaired) electrons. The third-order valence-corrected chi connectivity index (χ3v) is 4.87. The molecule has 8 heteroatoms. The van der Waals surface area contributed by atoms with Crippen molar-refractivity contribution in [2.45, 2.75) is 20.3 Å². The zero-order valence-electron chi connectivity index (χ0n) is 15.9. The number of thiocarbonyl (C=S) groups is 1. The molecule has 0 saturated carbocycles. The molecule has 0 bridgehead atoms. The number of carbonyl (C=O) groups is 1. The number of ether oxygens (including phenoxy) is 3. The highest BCUT2D eigenvalue weighted by Gasteiger charge is 2.23. The fraction of sp³-hybridized carbons (Fsp3) is 0.368. The summed E-state index contributed by atoms with van der Waals surface area (Å²) in [6.45, 7) is 4.88. The maximum atomic E-state index is 12.6. The molecular weight excluding hydrogens is 384 g/mol. The van der Waals surface area contributed by atoms with Gasteiger partial charge in [0.15, 0.2) is 16.6 Å². The van der Waals surface area contributed by atoms with Crippen LogP contribution in [-0.2, 0) is 4.74 Å². The molecule has 6 nitrogen and oxygen atoms in total. The van der Waals surface area contributed by atoms with Crippen LogP contribution in [0.15, 0.2) is 23.6 Å². The van der Waals surface area contributed by atoms with Gasteiger partial charge >= 0.3 is 5.97 Å². The van der Waals surface area contributed by atoms with Gasteiger partial charge in [0.25, 0.3) is 0 Å². The van der Waals surface area contributed by atoms with Crippen LogP contribution in [0, 0.1) is 0 Å². The van der Waals surface area contributed by atoms with Crippen LogP contribution >= 0.6 is 23.6 Å². The maximum absolute atomic E-state index is 12.6. The first-order valence-electron chi connectivity index (χ1n) is 8.61. The molecule has 1 aromatic carbocycles. The van der Waals surface area contributed by atoms with Gasteiger partial charge in [-0.25, -0.2) is 4.79 Å². The Hall–Kier alpha value is -2.32. The Morgan fingerprint density at radius 2 is 1.93 bits per heavy atom. The zero-order valence-corrected chi connectivity index (χ0v) is 17.5. The summed E-state index contributed by atoms with van der Waals surface area (Å²) >= 11 is 6.71. The summed E-state index contributed by atoms with van der Waals surface area (Å²) in [5.41, 5.74) is 2.03. The molecule has 27 heavy (non-hydrogen) atoms. The van der Waals surface area contributed by atoms with Crippen LogP contribution in [0.25, 0.3) is 11.1 Å². The highest BCUT2D eigenvalue weighted by molar-refractivity contribution is 7.80. The Morgan fingerprint density at radius 3 is 2.56 bits per heavy atom. The molecule has 0 unspecified atom stereocenters. The number of methoxy groups -OCH3 is 2. The van der Waals surface area contributed by atoms with Gasteiger partial charge < -0.3 is 24.8 Å². The van der Waals surface area contributed by atoms with Crippen molar-refractivity contribution in [3.8, 4) is 22.6 Å². The Bertz CT molecular complexity index is 805. The van der Waals surface area contributed by atoms with Crippen molar-refractivity contribution >= 4 is 39.6 Å². The number of carbonyl (C=O) groups excluding carboxylic acids is 1. The van der Waals surface area contributed by atoms with Crippen molar-refractivity contribution in [3.05, 3.63) is 29.1 Å². The molecule has 0 fully saturated rings. The van der Waals surface area contributed by atoms with Gasteiger partial charge in [-0.1, -0.05) is 13.0 Å². The van der Waals surface area contributed by atoms with Gasteiger partial charge in [0.1, 0.15) is 10.6 Å². The standard InChI is InChI=1S/C19H24N2O4S2/c1-5-9-20-19(26)21-17-16(18(22)25-6-2)13(11-27-17)12-7-8-14(23-3)15(10-12)24-4/h7-8,10-11H,5-6,9H2,1-4H3,(H2,20,21,26). The molecule has 0 atom stereocenters. The molecule has 2 rings (SSSR count). The van der Waals surface area contributed by atoms with Crippen LogP contribution in [0.2, 0.25) is 0 Å². The van der Waals surface area contributed by atoms with Gasteiger partial charge in [-0.05, 0) is 43.3 Å². The molecular formula is C19H24N2O4S2. The van der Waals surface area contributed by atoms with E-state index in [4.69, 9.17) is 26.4 Å². The smallest absolute Gasteiger partial charge is 0.341 e. The number of esters is 1. The number of thiophene rings is 1. The second kappa shape index (κ2) is 10.1. The van der Waals surface area contributed by atoms with Gasteiger partial charge in [0, 0.05) is 17.5 Å². The van der Waals surface area contributed by atoms with Crippen molar-refractivity contribution in [1.82, 2.24) is 5.32 Å². The summed E-state index contributed by atoms with van der Waals surface area (Å²) in [4.78, 5) is 12.6. The summed E-state index contributed by atoms with van der Waals surface area (Å²) < 4.78 is 15.9. The van der Waals surface area contributed by atoms with Crippen LogP contribution in [0.3, 0.4) is 0 Å². The molecule has 0 amide bonds. The van der Waals surface area contributed by atoms with E-state index in [9.17, 15) is 4.79 Å². The van der Waals surface area contributed by atoms with Gasteiger partial charge in [-0.2, -0.15) is 0 Å². The third kappa shape index (κ3) is 5.11.